The first kappa shape index (κ1) is 28.2. The molecule has 3 rings (SSSR count). The number of nitrogens with one attached hydrogen (secondary N) is 2. The van der Waals surface area contributed by atoms with Crippen LogP contribution in [0.5, 0.6) is 0 Å². The van der Waals surface area contributed by atoms with E-state index in [9.17, 15) is 29.4 Å². The van der Waals surface area contributed by atoms with Crippen LogP contribution >= 0.6 is 11.8 Å². The van der Waals surface area contributed by atoms with E-state index in [0.717, 1.165) is 11.1 Å². The van der Waals surface area contributed by atoms with Gasteiger partial charge in [-0.15, -0.1) is 11.8 Å². The molecular weight excluding hydrogens is 494 g/mol. The molecule has 37 heavy (non-hydrogen) atoms. The Bertz CT molecular complexity index is 1080. The van der Waals surface area contributed by atoms with Gasteiger partial charge in [-0.2, -0.15) is 0 Å². The lowest BCUT2D eigenvalue weighted by molar-refractivity contribution is -0.149. The Morgan fingerprint density at radius 2 is 1.57 bits per heavy atom. The maximum Gasteiger partial charge on any atom is 0.334 e. The smallest absolute Gasteiger partial charge is 0.334 e. The molecule has 1 fully saturated rings. The first-order valence-corrected chi connectivity index (χ1v) is 13.3. The number of aliphatic hydroxyl groups is 1. The molecule has 0 saturated carbocycles. The summed E-state index contributed by atoms with van der Waals surface area (Å²) >= 11 is 1.40. The van der Waals surface area contributed by atoms with Gasteiger partial charge in [0.15, 0.2) is 6.10 Å². The number of carbonyl (C=O) groups excluding carboxylic acids is 3. The number of nitrogens with zero attached hydrogens (tertiary/aromatic N) is 1. The van der Waals surface area contributed by atoms with Gasteiger partial charge in [0, 0.05) is 5.75 Å². The highest BCUT2D eigenvalue weighted by Gasteiger charge is 2.40. The van der Waals surface area contributed by atoms with Crippen molar-refractivity contribution in [3.63, 3.8) is 0 Å². The monoisotopic (exact) mass is 527 g/mol. The first-order chi connectivity index (χ1) is 17.7. The highest BCUT2D eigenvalue weighted by molar-refractivity contribution is 7.99. The Balaban J connectivity index is 1.70. The standard InChI is InChI=1S/C27H33N3O6S/c1-17(2)23(29-22(31)14-19-11-7-4-8-12-19)26(34)30-16-37-15-21(30)25(33)28-20(24(32)27(35)36)13-18-9-5-3-6-10-18/h3-12,17,20-21,23-24,32H,13-16H2,1-2H3,(H,28,33)(H,29,31)(H,35,36)/t20-,21-,23-,24?/m0/s1. The third-order valence-electron chi connectivity index (χ3n) is 6.18. The molecule has 2 aromatic rings. The van der Waals surface area contributed by atoms with E-state index in [1.54, 1.807) is 24.3 Å². The summed E-state index contributed by atoms with van der Waals surface area (Å²) in [4.78, 5) is 52.3. The molecular formula is C27H33N3O6S. The van der Waals surface area contributed by atoms with E-state index in [1.807, 2.05) is 50.2 Å². The predicted octanol–water partition coefficient (Wildman–Crippen LogP) is 1.44. The van der Waals surface area contributed by atoms with Crippen molar-refractivity contribution in [3.05, 3.63) is 71.8 Å². The van der Waals surface area contributed by atoms with Crippen LogP contribution in [0.15, 0.2) is 60.7 Å². The fourth-order valence-corrected chi connectivity index (χ4v) is 5.30. The molecule has 0 bridgehead atoms. The third-order valence-corrected chi connectivity index (χ3v) is 7.20. The number of aliphatic carboxylic acids is 1. The zero-order valence-electron chi connectivity index (χ0n) is 20.9. The minimum atomic E-state index is -1.82. The van der Waals surface area contributed by atoms with E-state index in [1.165, 1.54) is 16.7 Å². The molecule has 0 spiro atoms. The molecule has 1 heterocycles. The van der Waals surface area contributed by atoms with Gasteiger partial charge in [-0.3, -0.25) is 14.4 Å². The summed E-state index contributed by atoms with van der Waals surface area (Å²) in [7, 11) is 0. The molecule has 0 aromatic heterocycles. The number of rotatable bonds is 11. The zero-order valence-corrected chi connectivity index (χ0v) is 21.7. The van der Waals surface area contributed by atoms with Crippen molar-refractivity contribution >= 4 is 35.5 Å². The zero-order chi connectivity index (χ0) is 26.9. The van der Waals surface area contributed by atoms with Crippen LogP contribution < -0.4 is 10.6 Å². The molecule has 1 saturated heterocycles. The minimum Gasteiger partial charge on any atom is -0.479 e. The van der Waals surface area contributed by atoms with Gasteiger partial charge < -0.3 is 25.7 Å². The number of hydrogen-bond acceptors (Lipinski definition) is 6. The molecule has 3 amide bonds. The Labute approximate surface area is 220 Å². The van der Waals surface area contributed by atoms with Crippen LogP contribution in [0.1, 0.15) is 25.0 Å². The molecule has 1 aliphatic heterocycles. The Morgan fingerprint density at radius 3 is 2.14 bits per heavy atom. The molecule has 1 unspecified atom stereocenters. The number of carboxylic acids is 1. The van der Waals surface area contributed by atoms with Crippen LogP contribution in [0.4, 0.5) is 0 Å². The van der Waals surface area contributed by atoms with Gasteiger partial charge in [-0.05, 0) is 23.5 Å². The summed E-state index contributed by atoms with van der Waals surface area (Å²) in [6.45, 7) is 3.64. The number of hydrogen-bond donors (Lipinski definition) is 4. The van der Waals surface area contributed by atoms with Crippen LogP contribution in [0.25, 0.3) is 0 Å². The first-order valence-electron chi connectivity index (χ1n) is 12.1. The van der Waals surface area contributed by atoms with Crippen LogP contribution in [0, 0.1) is 5.92 Å². The van der Waals surface area contributed by atoms with Crippen molar-refractivity contribution in [1.29, 1.82) is 0 Å². The SMILES string of the molecule is CC(C)[C@H](NC(=O)Cc1ccccc1)C(=O)N1CSC[C@H]1C(=O)N[C@@H](Cc1ccccc1)C(O)C(=O)O. The largest absolute Gasteiger partial charge is 0.479 e. The second kappa shape index (κ2) is 13.3. The van der Waals surface area contributed by atoms with Crippen LogP contribution in [-0.4, -0.2) is 74.7 Å². The van der Waals surface area contributed by atoms with Gasteiger partial charge in [0.25, 0.3) is 0 Å². The predicted molar refractivity (Wildman–Crippen MR) is 141 cm³/mol. The second-order valence-corrected chi connectivity index (χ2v) is 10.4. The third kappa shape index (κ3) is 7.80. The van der Waals surface area contributed by atoms with E-state index in [0.29, 0.717) is 5.75 Å². The van der Waals surface area contributed by atoms with Crippen LogP contribution in [0.3, 0.4) is 0 Å². The summed E-state index contributed by atoms with van der Waals surface area (Å²) in [5.74, 6) is -2.30. The highest BCUT2D eigenvalue weighted by Crippen LogP contribution is 2.24. The Hall–Kier alpha value is -3.37. The molecule has 10 heteroatoms. The van der Waals surface area contributed by atoms with E-state index in [4.69, 9.17) is 0 Å². The van der Waals surface area contributed by atoms with Crippen molar-refractivity contribution in [2.24, 2.45) is 5.92 Å². The maximum absolute atomic E-state index is 13.5. The van der Waals surface area contributed by atoms with Crippen molar-refractivity contribution in [1.82, 2.24) is 15.5 Å². The lowest BCUT2D eigenvalue weighted by Crippen LogP contribution is -2.58. The maximum atomic E-state index is 13.5. The number of aliphatic hydroxyl groups excluding tert-OH is 1. The normalized spacial score (nSPS) is 17.6. The molecule has 2 aromatic carbocycles. The number of thioether (sulfide) groups is 1. The van der Waals surface area contributed by atoms with Crippen molar-refractivity contribution in [2.45, 2.75) is 50.9 Å². The molecule has 1 aliphatic rings. The fraction of sp³-hybridized carbons (Fsp3) is 0.407. The lowest BCUT2D eigenvalue weighted by Gasteiger charge is -2.31. The summed E-state index contributed by atoms with van der Waals surface area (Å²) in [5.41, 5.74) is 1.58. The Morgan fingerprint density at radius 1 is 0.973 bits per heavy atom. The summed E-state index contributed by atoms with van der Waals surface area (Å²) in [6.07, 6.45) is -1.58. The molecule has 198 valence electrons. The molecule has 9 nitrogen and oxygen atoms in total. The van der Waals surface area contributed by atoms with Gasteiger partial charge in [0.05, 0.1) is 18.3 Å². The Kier molecular flexibility index (Phi) is 10.1. The fourth-order valence-electron chi connectivity index (χ4n) is 4.14. The quantitative estimate of drug-likeness (QED) is 0.347. The topological polar surface area (TPSA) is 136 Å². The van der Waals surface area contributed by atoms with Crippen molar-refractivity contribution < 1.29 is 29.4 Å². The lowest BCUT2D eigenvalue weighted by atomic mass is 10.00. The van der Waals surface area contributed by atoms with Crippen molar-refractivity contribution in [2.75, 3.05) is 11.6 Å². The molecule has 4 atom stereocenters. The average Bonchev–Trinajstić information content (AvgIpc) is 3.37. The average molecular weight is 528 g/mol. The number of benzene rings is 2. The van der Waals surface area contributed by atoms with E-state index < -0.39 is 36.1 Å². The second-order valence-electron chi connectivity index (χ2n) is 9.36. The highest BCUT2D eigenvalue weighted by atomic mass is 32.2. The summed E-state index contributed by atoms with van der Waals surface area (Å²) in [6, 6.07) is 15.4. The van der Waals surface area contributed by atoms with Gasteiger partial charge in [-0.25, -0.2) is 4.79 Å². The van der Waals surface area contributed by atoms with Gasteiger partial charge in [-0.1, -0.05) is 74.5 Å². The molecule has 4 N–H and O–H groups in total. The molecule has 0 radical (unpaired) electrons. The van der Waals surface area contributed by atoms with E-state index >= 15 is 0 Å². The van der Waals surface area contributed by atoms with Crippen LogP contribution in [0.2, 0.25) is 0 Å². The van der Waals surface area contributed by atoms with Gasteiger partial charge in [0.1, 0.15) is 12.1 Å². The number of amides is 3. The van der Waals surface area contributed by atoms with E-state index in [-0.39, 0.29) is 36.5 Å². The van der Waals surface area contributed by atoms with Gasteiger partial charge in [0.2, 0.25) is 17.7 Å². The van der Waals surface area contributed by atoms with Gasteiger partial charge >= 0.3 is 5.97 Å². The van der Waals surface area contributed by atoms with E-state index in [2.05, 4.69) is 10.6 Å². The number of carbonyl (C=O) groups is 4. The number of carboxylic acid groups (broad SMARTS) is 1. The summed E-state index contributed by atoms with van der Waals surface area (Å²) in [5, 5.41) is 25.1. The van der Waals surface area contributed by atoms with Crippen molar-refractivity contribution in [3.8, 4) is 0 Å². The minimum absolute atomic E-state index is 0.109. The summed E-state index contributed by atoms with van der Waals surface area (Å²) < 4.78 is 0. The van der Waals surface area contributed by atoms with Crippen LogP contribution in [-0.2, 0) is 32.0 Å². The molecule has 0 aliphatic carbocycles.